The molecule has 0 amide bonds. The summed E-state index contributed by atoms with van der Waals surface area (Å²) in [5.41, 5.74) is 3.54. The van der Waals surface area contributed by atoms with Gasteiger partial charge in [-0.1, -0.05) is 13.8 Å². The van der Waals surface area contributed by atoms with Crippen molar-refractivity contribution in [2.24, 2.45) is 0 Å². The Hall–Kier alpha value is -3.02. The number of pyridine rings is 1. The predicted molar refractivity (Wildman–Crippen MR) is 102 cm³/mol. The lowest BCUT2D eigenvalue weighted by Crippen LogP contribution is -2.06. The molecule has 0 aliphatic rings. The number of aryl methyl sites for hydroxylation is 1. The van der Waals surface area contributed by atoms with Crippen LogP contribution >= 0.6 is 0 Å². The van der Waals surface area contributed by atoms with Crippen molar-refractivity contribution < 1.29 is 14.3 Å². The Morgan fingerprint density at radius 3 is 2.35 bits per heavy atom. The van der Waals surface area contributed by atoms with Gasteiger partial charge in [0.25, 0.3) is 0 Å². The Kier molecular flexibility index (Phi) is 5.87. The molecular weight excluding hydrogens is 330 g/mol. The quantitative estimate of drug-likeness (QED) is 0.704. The summed E-state index contributed by atoms with van der Waals surface area (Å²) in [6.07, 6.45) is 1.41. The van der Waals surface area contributed by atoms with Crippen molar-refractivity contribution in [1.29, 1.82) is 0 Å². The van der Waals surface area contributed by atoms with Crippen molar-refractivity contribution in [2.45, 2.75) is 34.6 Å². The van der Waals surface area contributed by atoms with Gasteiger partial charge in [0, 0.05) is 22.9 Å². The lowest BCUT2D eigenvalue weighted by atomic mass is 9.96. The van der Waals surface area contributed by atoms with Gasteiger partial charge in [-0.2, -0.15) is 5.10 Å². The molecule has 0 aliphatic heterocycles. The first kappa shape index (κ1) is 19.3. The van der Waals surface area contributed by atoms with E-state index in [2.05, 4.69) is 15.2 Å². The van der Waals surface area contributed by atoms with E-state index in [1.54, 1.807) is 7.11 Å². The molecule has 0 unspecified atom stereocenters. The van der Waals surface area contributed by atoms with E-state index in [1.807, 2.05) is 39.0 Å². The molecule has 0 aliphatic carbocycles. The van der Waals surface area contributed by atoms with E-state index in [4.69, 9.17) is 4.74 Å². The van der Waals surface area contributed by atoms with Crippen LogP contribution in [0.5, 0.6) is 5.75 Å². The Balaban J connectivity index is 0.00000117. The summed E-state index contributed by atoms with van der Waals surface area (Å²) in [7, 11) is 1.62. The average Bonchev–Trinajstić information content (AvgIpc) is 3.06. The van der Waals surface area contributed by atoms with Gasteiger partial charge in [0.1, 0.15) is 5.75 Å². The second kappa shape index (κ2) is 7.91. The second-order valence-corrected chi connectivity index (χ2v) is 5.64. The standard InChI is InChI=1S/C18H17N3O3.C2H6/c1-9-7-12(5-6-14(9)24-4)17-16-15(11(3)23)13(10(2)22)8-19-18(16)21-20-17;1-2/h5-8H,1-4H3,(H,19,20,21);1-2H3. The number of benzene rings is 1. The zero-order valence-corrected chi connectivity index (χ0v) is 15.9. The lowest BCUT2D eigenvalue weighted by molar-refractivity contribution is 0.0981. The fourth-order valence-corrected chi connectivity index (χ4v) is 2.86. The third-order valence-electron chi connectivity index (χ3n) is 4.00. The lowest BCUT2D eigenvalue weighted by Gasteiger charge is -2.09. The molecule has 3 aromatic rings. The Morgan fingerprint density at radius 2 is 1.81 bits per heavy atom. The maximum atomic E-state index is 12.2. The number of hydrogen-bond acceptors (Lipinski definition) is 5. The third-order valence-corrected chi connectivity index (χ3v) is 4.00. The first-order valence-electron chi connectivity index (χ1n) is 8.48. The van der Waals surface area contributed by atoms with E-state index in [-0.39, 0.29) is 11.6 Å². The van der Waals surface area contributed by atoms with Crippen LogP contribution < -0.4 is 4.74 Å². The van der Waals surface area contributed by atoms with Gasteiger partial charge in [-0.3, -0.25) is 14.7 Å². The van der Waals surface area contributed by atoms with E-state index in [0.717, 1.165) is 16.9 Å². The van der Waals surface area contributed by atoms with Crippen LogP contribution in [0.1, 0.15) is 54.0 Å². The van der Waals surface area contributed by atoms with Gasteiger partial charge in [0.05, 0.1) is 18.2 Å². The van der Waals surface area contributed by atoms with Gasteiger partial charge in [0.15, 0.2) is 17.2 Å². The maximum Gasteiger partial charge on any atom is 0.182 e. The molecule has 0 bridgehead atoms. The number of carbonyl (C=O) groups excluding carboxylic acids is 2. The summed E-state index contributed by atoms with van der Waals surface area (Å²) >= 11 is 0. The average molecular weight is 353 g/mol. The molecule has 0 atom stereocenters. The number of aromatic nitrogens is 3. The molecule has 2 aromatic heterocycles. The number of nitrogens with one attached hydrogen (secondary N) is 1. The SMILES string of the molecule is CC.COc1ccc(-c2[nH]nc3ncc(C(C)=O)c(C(C)=O)c23)cc1C. The molecule has 1 aromatic carbocycles. The molecule has 2 heterocycles. The monoisotopic (exact) mass is 353 g/mol. The molecule has 26 heavy (non-hydrogen) atoms. The molecule has 6 nitrogen and oxygen atoms in total. The molecule has 0 spiro atoms. The minimum absolute atomic E-state index is 0.194. The highest BCUT2D eigenvalue weighted by Gasteiger charge is 2.21. The number of aromatic amines is 1. The van der Waals surface area contributed by atoms with Crippen molar-refractivity contribution in [2.75, 3.05) is 7.11 Å². The van der Waals surface area contributed by atoms with Crippen LogP contribution in [0, 0.1) is 6.92 Å². The highest BCUT2D eigenvalue weighted by atomic mass is 16.5. The number of hydrogen-bond donors (Lipinski definition) is 1. The zero-order chi connectivity index (χ0) is 19.4. The number of nitrogens with zero attached hydrogens (tertiary/aromatic N) is 2. The number of carbonyl (C=O) groups is 2. The van der Waals surface area contributed by atoms with Crippen LogP contribution in [0.2, 0.25) is 0 Å². The first-order valence-corrected chi connectivity index (χ1v) is 8.48. The smallest absolute Gasteiger partial charge is 0.182 e. The number of rotatable bonds is 4. The van der Waals surface area contributed by atoms with Crippen LogP contribution in [-0.2, 0) is 0 Å². The maximum absolute atomic E-state index is 12.2. The Bertz CT molecular complexity index is 974. The van der Waals surface area contributed by atoms with Gasteiger partial charge in [0.2, 0.25) is 0 Å². The normalized spacial score (nSPS) is 10.2. The zero-order valence-electron chi connectivity index (χ0n) is 15.9. The summed E-state index contributed by atoms with van der Waals surface area (Å²) in [6.45, 7) is 8.80. The van der Waals surface area contributed by atoms with Crippen LogP contribution in [-0.4, -0.2) is 33.9 Å². The molecule has 6 heteroatoms. The molecule has 0 saturated carbocycles. The summed E-state index contributed by atoms with van der Waals surface area (Å²) in [6, 6.07) is 5.67. The Morgan fingerprint density at radius 1 is 1.12 bits per heavy atom. The van der Waals surface area contributed by atoms with Gasteiger partial charge in [-0.25, -0.2) is 4.98 Å². The van der Waals surface area contributed by atoms with Gasteiger partial charge in [-0.05, 0) is 44.5 Å². The number of ether oxygens (including phenoxy) is 1. The molecule has 0 saturated heterocycles. The van der Waals surface area contributed by atoms with E-state index in [1.165, 1.54) is 20.0 Å². The molecule has 0 radical (unpaired) electrons. The van der Waals surface area contributed by atoms with E-state index < -0.39 is 0 Å². The highest BCUT2D eigenvalue weighted by molar-refractivity contribution is 6.17. The Labute approximate surface area is 152 Å². The topological polar surface area (TPSA) is 84.9 Å². The van der Waals surface area contributed by atoms with Crippen LogP contribution in [0.3, 0.4) is 0 Å². The highest BCUT2D eigenvalue weighted by Crippen LogP contribution is 2.32. The summed E-state index contributed by atoms with van der Waals surface area (Å²) in [5, 5.41) is 7.69. The van der Waals surface area contributed by atoms with E-state index >= 15 is 0 Å². The van der Waals surface area contributed by atoms with Gasteiger partial charge in [-0.15, -0.1) is 0 Å². The van der Waals surface area contributed by atoms with Crippen molar-refractivity contribution in [3.63, 3.8) is 0 Å². The minimum Gasteiger partial charge on any atom is -0.496 e. The summed E-state index contributed by atoms with van der Waals surface area (Å²) in [5.74, 6) is 0.380. The van der Waals surface area contributed by atoms with Crippen molar-refractivity contribution >= 4 is 22.6 Å². The van der Waals surface area contributed by atoms with E-state index in [0.29, 0.717) is 27.9 Å². The molecular formula is C20H23N3O3. The van der Waals surface area contributed by atoms with Crippen LogP contribution in [0.4, 0.5) is 0 Å². The first-order chi connectivity index (χ1) is 12.4. The van der Waals surface area contributed by atoms with E-state index in [9.17, 15) is 9.59 Å². The van der Waals surface area contributed by atoms with Crippen LogP contribution in [0.15, 0.2) is 24.4 Å². The summed E-state index contributed by atoms with van der Waals surface area (Å²) in [4.78, 5) is 28.3. The minimum atomic E-state index is -0.201. The molecule has 1 N–H and O–H groups in total. The molecule has 136 valence electrons. The number of fused-ring (bicyclic) bond motifs is 1. The van der Waals surface area contributed by atoms with Gasteiger partial charge >= 0.3 is 0 Å². The predicted octanol–water partition coefficient (Wildman–Crippen LogP) is 4.37. The number of H-pyrrole nitrogens is 1. The second-order valence-electron chi connectivity index (χ2n) is 5.64. The van der Waals surface area contributed by atoms with Crippen LogP contribution in [0.25, 0.3) is 22.3 Å². The number of methoxy groups -OCH3 is 1. The fourth-order valence-electron chi connectivity index (χ4n) is 2.86. The number of Topliss-reactive ketones (excluding diaryl/α,β-unsaturated/α-hetero) is 2. The fraction of sp³-hybridized carbons (Fsp3) is 0.300. The molecule has 3 rings (SSSR count). The summed E-state index contributed by atoms with van der Waals surface area (Å²) < 4.78 is 5.28. The third kappa shape index (κ3) is 3.35. The van der Waals surface area contributed by atoms with Crippen molar-refractivity contribution in [3.05, 3.63) is 41.1 Å². The largest absolute Gasteiger partial charge is 0.496 e. The van der Waals surface area contributed by atoms with Gasteiger partial charge < -0.3 is 4.74 Å². The van der Waals surface area contributed by atoms with Crippen molar-refractivity contribution in [1.82, 2.24) is 15.2 Å². The van der Waals surface area contributed by atoms with Crippen molar-refractivity contribution in [3.8, 4) is 17.0 Å². The molecule has 0 fully saturated rings. The number of ketones is 2.